The number of ether oxygens (including phenoxy) is 1. The molecule has 0 radical (unpaired) electrons. The van der Waals surface area contributed by atoms with Crippen LogP contribution in [-0.4, -0.2) is 13.7 Å². The molecule has 21 heavy (non-hydrogen) atoms. The zero-order valence-corrected chi connectivity index (χ0v) is 13.9. The topological polar surface area (TPSA) is 21.3 Å². The van der Waals surface area contributed by atoms with Gasteiger partial charge in [-0.3, -0.25) is 0 Å². The highest BCUT2D eigenvalue weighted by Gasteiger charge is 2.43. The third-order valence-electron chi connectivity index (χ3n) is 5.69. The molecule has 2 heteroatoms. The monoisotopic (exact) mass is 287 g/mol. The number of hydrogen-bond acceptors (Lipinski definition) is 2. The molecule has 0 heterocycles. The van der Waals surface area contributed by atoms with Gasteiger partial charge in [-0.2, -0.15) is 0 Å². The number of aryl methyl sites for hydroxylation is 2. The summed E-state index contributed by atoms with van der Waals surface area (Å²) < 4.78 is 5.52. The van der Waals surface area contributed by atoms with Crippen molar-refractivity contribution in [1.29, 1.82) is 0 Å². The molecule has 0 spiro atoms. The number of benzene rings is 1. The number of nitrogens with one attached hydrogen (secondary N) is 1. The second-order valence-corrected chi connectivity index (χ2v) is 7.06. The zero-order valence-electron chi connectivity index (χ0n) is 13.9. The predicted molar refractivity (Wildman–Crippen MR) is 87.8 cm³/mol. The van der Waals surface area contributed by atoms with E-state index in [4.69, 9.17) is 4.74 Å². The summed E-state index contributed by atoms with van der Waals surface area (Å²) in [6.45, 7) is 7.60. The van der Waals surface area contributed by atoms with E-state index in [1.54, 1.807) is 7.11 Å². The van der Waals surface area contributed by atoms with Gasteiger partial charge in [-0.1, -0.05) is 25.5 Å². The Balaban J connectivity index is 1.90. The second kappa shape index (κ2) is 6.00. The lowest BCUT2D eigenvalue weighted by Gasteiger charge is -2.32. The molecule has 2 aliphatic carbocycles. The van der Waals surface area contributed by atoms with Crippen LogP contribution in [0.2, 0.25) is 0 Å². The summed E-state index contributed by atoms with van der Waals surface area (Å²) in [5.74, 6) is 3.82. The second-order valence-electron chi connectivity index (χ2n) is 7.06. The molecule has 2 saturated carbocycles. The first-order valence-electron chi connectivity index (χ1n) is 8.52. The molecule has 0 aliphatic heterocycles. The zero-order chi connectivity index (χ0) is 15.0. The van der Waals surface area contributed by atoms with Gasteiger partial charge < -0.3 is 10.1 Å². The van der Waals surface area contributed by atoms with Crippen molar-refractivity contribution < 1.29 is 4.74 Å². The Labute approximate surface area is 129 Å². The van der Waals surface area contributed by atoms with Gasteiger partial charge in [0.2, 0.25) is 0 Å². The van der Waals surface area contributed by atoms with Gasteiger partial charge in [-0.15, -0.1) is 0 Å². The van der Waals surface area contributed by atoms with Crippen molar-refractivity contribution in [3.8, 4) is 5.75 Å². The maximum atomic E-state index is 5.52. The van der Waals surface area contributed by atoms with Crippen LogP contribution in [-0.2, 0) is 0 Å². The van der Waals surface area contributed by atoms with E-state index in [0.717, 1.165) is 30.0 Å². The third-order valence-corrected chi connectivity index (χ3v) is 5.69. The lowest BCUT2D eigenvalue weighted by molar-refractivity contribution is 0.253. The number of rotatable bonds is 5. The minimum atomic E-state index is 0.522. The Morgan fingerprint density at radius 1 is 1.19 bits per heavy atom. The van der Waals surface area contributed by atoms with Crippen LogP contribution in [0.5, 0.6) is 5.75 Å². The van der Waals surface area contributed by atoms with Crippen molar-refractivity contribution in [2.75, 3.05) is 13.7 Å². The van der Waals surface area contributed by atoms with Crippen molar-refractivity contribution in [2.24, 2.45) is 17.8 Å². The van der Waals surface area contributed by atoms with Gasteiger partial charge in [-0.25, -0.2) is 0 Å². The predicted octanol–water partition coefficient (Wildman–Crippen LogP) is 4.40. The smallest absolute Gasteiger partial charge is 0.124 e. The van der Waals surface area contributed by atoms with E-state index in [-0.39, 0.29) is 0 Å². The van der Waals surface area contributed by atoms with Crippen molar-refractivity contribution in [3.05, 3.63) is 28.8 Å². The van der Waals surface area contributed by atoms with Crippen molar-refractivity contribution in [1.82, 2.24) is 5.32 Å². The molecule has 1 aromatic carbocycles. The first-order chi connectivity index (χ1) is 10.1. The summed E-state index contributed by atoms with van der Waals surface area (Å²) in [7, 11) is 1.77. The summed E-state index contributed by atoms with van der Waals surface area (Å²) in [5.41, 5.74) is 3.99. The van der Waals surface area contributed by atoms with Crippen molar-refractivity contribution >= 4 is 0 Å². The molecule has 4 unspecified atom stereocenters. The number of fused-ring (bicyclic) bond motifs is 2. The Morgan fingerprint density at radius 3 is 2.38 bits per heavy atom. The van der Waals surface area contributed by atoms with E-state index in [1.807, 2.05) is 0 Å². The van der Waals surface area contributed by atoms with Gasteiger partial charge in [-0.05, 0) is 74.1 Å². The first kappa shape index (κ1) is 14.9. The average molecular weight is 287 g/mol. The standard InChI is InChI=1S/C19H29NO/c1-5-20-18(17-11-14-6-7-15(17)10-14)16-8-12(2)19(21-4)13(3)9-16/h8-9,14-15,17-18,20H,5-7,10-11H2,1-4H3. The summed E-state index contributed by atoms with van der Waals surface area (Å²) in [6.07, 6.45) is 5.82. The van der Waals surface area contributed by atoms with Gasteiger partial charge >= 0.3 is 0 Å². The Bertz CT molecular complexity index is 487. The third kappa shape index (κ3) is 2.70. The molecule has 3 rings (SSSR count). The van der Waals surface area contributed by atoms with E-state index in [0.29, 0.717) is 6.04 Å². The fraction of sp³-hybridized carbons (Fsp3) is 0.684. The highest BCUT2D eigenvalue weighted by atomic mass is 16.5. The van der Waals surface area contributed by atoms with Gasteiger partial charge in [0.05, 0.1) is 7.11 Å². The Hall–Kier alpha value is -1.02. The van der Waals surface area contributed by atoms with Crippen molar-refractivity contribution in [3.63, 3.8) is 0 Å². The summed E-state index contributed by atoms with van der Waals surface area (Å²) >= 11 is 0. The first-order valence-corrected chi connectivity index (χ1v) is 8.52. The van der Waals surface area contributed by atoms with Gasteiger partial charge in [0.15, 0.2) is 0 Å². The van der Waals surface area contributed by atoms with Crippen LogP contribution < -0.4 is 10.1 Å². The van der Waals surface area contributed by atoms with Gasteiger partial charge in [0, 0.05) is 6.04 Å². The molecular formula is C19H29NO. The molecule has 2 aliphatic rings. The van der Waals surface area contributed by atoms with E-state index in [1.165, 1.54) is 42.4 Å². The molecule has 4 atom stereocenters. The molecule has 0 saturated heterocycles. The van der Waals surface area contributed by atoms with Crippen LogP contribution >= 0.6 is 0 Å². The minimum Gasteiger partial charge on any atom is -0.496 e. The minimum absolute atomic E-state index is 0.522. The van der Waals surface area contributed by atoms with Gasteiger partial charge in [0.1, 0.15) is 5.75 Å². The van der Waals surface area contributed by atoms with Crippen molar-refractivity contribution in [2.45, 2.75) is 52.5 Å². The van der Waals surface area contributed by atoms with Crippen LogP contribution in [0.25, 0.3) is 0 Å². The molecule has 2 nitrogen and oxygen atoms in total. The van der Waals surface area contributed by atoms with E-state index in [2.05, 4.69) is 38.2 Å². The summed E-state index contributed by atoms with van der Waals surface area (Å²) in [6, 6.07) is 5.20. The van der Waals surface area contributed by atoms with Crippen LogP contribution in [0.4, 0.5) is 0 Å². The van der Waals surface area contributed by atoms with E-state index in [9.17, 15) is 0 Å². The maximum Gasteiger partial charge on any atom is 0.124 e. The highest BCUT2D eigenvalue weighted by Crippen LogP contribution is 2.52. The average Bonchev–Trinajstić information content (AvgIpc) is 3.07. The molecule has 1 aromatic rings. The van der Waals surface area contributed by atoms with Crippen LogP contribution in [0.3, 0.4) is 0 Å². The SMILES string of the molecule is CCNC(c1cc(C)c(OC)c(C)c1)C1CC2CCC1C2. The molecule has 0 aromatic heterocycles. The molecule has 116 valence electrons. The maximum absolute atomic E-state index is 5.52. The molecule has 0 amide bonds. The van der Waals surface area contributed by atoms with E-state index < -0.39 is 0 Å². The van der Waals surface area contributed by atoms with Gasteiger partial charge in [0.25, 0.3) is 0 Å². The molecule has 2 fully saturated rings. The van der Waals surface area contributed by atoms with Crippen LogP contribution in [0.15, 0.2) is 12.1 Å². The quantitative estimate of drug-likeness (QED) is 0.866. The number of methoxy groups -OCH3 is 1. The normalized spacial score (nSPS) is 28.9. The highest BCUT2D eigenvalue weighted by molar-refractivity contribution is 5.44. The lowest BCUT2D eigenvalue weighted by atomic mass is 9.80. The number of hydrogen-bond donors (Lipinski definition) is 1. The molecule has 1 N–H and O–H groups in total. The largest absolute Gasteiger partial charge is 0.496 e. The summed E-state index contributed by atoms with van der Waals surface area (Å²) in [4.78, 5) is 0. The fourth-order valence-electron chi connectivity index (χ4n) is 4.92. The summed E-state index contributed by atoms with van der Waals surface area (Å²) in [5, 5.41) is 3.78. The molecular weight excluding hydrogens is 258 g/mol. The molecule has 2 bridgehead atoms. The fourth-order valence-corrected chi connectivity index (χ4v) is 4.92. The Kier molecular flexibility index (Phi) is 4.26. The van der Waals surface area contributed by atoms with E-state index >= 15 is 0 Å². The van der Waals surface area contributed by atoms with Crippen LogP contribution in [0.1, 0.15) is 55.3 Å². The Morgan fingerprint density at radius 2 is 1.90 bits per heavy atom. The van der Waals surface area contributed by atoms with Crippen LogP contribution in [0, 0.1) is 31.6 Å². The lowest BCUT2D eigenvalue weighted by Crippen LogP contribution is -2.31.